The molecule has 7 heteroatoms. The molecule has 1 unspecified atom stereocenters. The van der Waals surface area contributed by atoms with Crippen molar-refractivity contribution in [3.05, 3.63) is 29.6 Å². The normalized spacial score (nSPS) is 13.9. The molecular weight excluding hydrogens is 245 g/mol. The van der Waals surface area contributed by atoms with Crippen LogP contribution in [0.25, 0.3) is 0 Å². The summed E-state index contributed by atoms with van der Waals surface area (Å²) in [5, 5.41) is 0. The number of nitrogens with two attached hydrogens (primary N) is 1. The number of alkyl halides is 3. The molecule has 0 aliphatic heterocycles. The number of pyridine rings is 1. The predicted octanol–water partition coefficient (Wildman–Crippen LogP) is 1.56. The second kappa shape index (κ2) is 6.12. The SMILES string of the molecule is CN(C)CCC(NN)c1cnccc1C(F)(F)F. The molecule has 0 aromatic carbocycles. The lowest BCUT2D eigenvalue weighted by molar-refractivity contribution is -0.138. The van der Waals surface area contributed by atoms with Gasteiger partial charge in [-0.2, -0.15) is 13.2 Å². The minimum atomic E-state index is -4.40. The third-order valence-corrected chi connectivity index (χ3v) is 2.60. The first kappa shape index (κ1) is 14.9. The Bertz CT molecular complexity index is 379. The van der Waals surface area contributed by atoms with Crippen LogP contribution in [0.15, 0.2) is 18.5 Å². The highest BCUT2D eigenvalue weighted by Crippen LogP contribution is 2.34. The molecule has 3 N–H and O–H groups in total. The van der Waals surface area contributed by atoms with E-state index < -0.39 is 17.8 Å². The summed E-state index contributed by atoms with van der Waals surface area (Å²) in [6.07, 6.45) is -1.58. The van der Waals surface area contributed by atoms with Crippen LogP contribution in [0, 0.1) is 0 Å². The van der Waals surface area contributed by atoms with Gasteiger partial charge in [-0.15, -0.1) is 0 Å². The van der Waals surface area contributed by atoms with Crippen LogP contribution in [-0.4, -0.2) is 30.5 Å². The fourth-order valence-electron chi connectivity index (χ4n) is 1.66. The predicted molar refractivity (Wildman–Crippen MR) is 62.5 cm³/mol. The van der Waals surface area contributed by atoms with E-state index in [1.54, 1.807) is 0 Å². The van der Waals surface area contributed by atoms with Crippen molar-refractivity contribution >= 4 is 0 Å². The Morgan fingerprint density at radius 2 is 2.11 bits per heavy atom. The van der Waals surface area contributed by atoms with Crippen molar-refractivity contribution in [2.45, 2.75) is 18.6 Å². The first-order valence-corrected chi connectivity index (χ1v) is 5.48. The van der Waals surface area contributed by atoms with E-state index in [1.165, 1.54) is 6.20 Å². The van der Waals surface area contributed by atoms with Crippen LogP contribution in [0.2, 0.25) is 0 Å². The Balaban J connectivity index is 2.98. The topological polar surface area (TPSA) is 54.2 Å². The summed E-state index contributed by atoms with van der Waals surface area (Å²) < 4.78 is 38.5. The van der Waals surface area contributed by atoms with Crippen LogP contribution in [0.3, 0.4) is 0 Å². The van der Waals surface area contributed by atoms with Gasteiger partial charge in [-0.3, -0.25) is 16.3 Å². The number of halogens is 3. The molecule has 0 amide bonds. The van der Waals surface area contributed by atoms with Gasteiger partial charge in [0, 0.05) is 24.0 Å². The number of hydrazine groups is 1. The lowest BCUT2D eigenvalue weighted by Crippen LogP contribution is -2.32. The number of hydrogen-bond donors (Lipinski definition) is 2. The van der Waals surface area contributed by atoms with Crippen LogP contribution in [0.5, 0.6) is 0 Å². The van der Waals surface area contributed by atoms with E-state index in [-0.39, 0.29) is 5.56 Å². The van der Waals surface area contributed by atoms with E-state index in [2.05, 4.69) is 10.4 Å². The zero-order valence-electron chi connectivity index (χ0n) is 10.3. The van der Waals surface area contributed by atoms with Crippen LogP contribution in [0.1, 0.15) is 23.6 Å². The van der Waals surface area contributed by atoms with Crippen LogP contribution < -0.4 is 11.3 Å². The number of rotatable bonds is 5. The highest BCUT2D eigenvalue weighted by Gasteiger charge is 2.35. The smallest absolute Gasteiger partial charge is 0.309 e. The average molecular weight is 262 g/mol. The van der Waals surface area contributed by atoms with Gasteiger partial charge in [0.15, 0.2) is 0 Å². The van der Waals surface area contributed by atoms with Crippen LogP contribution in [-0.2, 0) is 6.18 Å². The van der Waals surface area contributed by atoms with Gasteiger partial charge in [0.1, 0.15) is 0 Å². The summed E-state index contributed by atoms with van der Waals surface area (Å²) in [6, 6.07) is 0.396. The Labute approximate surface area is 104 Å². The molecule has 18 heavy (non-hydrogen) atoms. The molecular formula is C11H17F3N4. The van der Waals surface area contributed by atoms with Crippen LogP contribution in [0.4, 0.5) is 13.2 Å². The maximum atomic E-state index is 12.8. The van der Waals surface area contributed by atoms with E-state index in [4.69, 9.17) is 5.84 Å². The van der Waals surface area contributed by atoms with Crippen molar-refractivity contribution in [3.8, 4) is 0 Å². The Kier molecular flexibility index (Phi) is 5.06. The second-order valence-corrected chi connectivity index (χ2v) is 4.27. The van der Waals surface area contributed by atoms with Gasteiger partial charge in [0.05, 0.1) is 5.56 Å². The first-order chi connectivity index (χ1) is 8.36. The molecule has 102 valence electrons. The fraction of sp³-hybridized carbons (Fsp3) is 0.545. The van der Waals surface area contributed by atoms with Gasteiger partial charge in [0.2, 0.25) is 0 Å². The van der Waals surface area contributed by atoms with E-state index >= 15 is 0 Å². The number of aromatic nitrogens is 1. The van der Waals surface area contributed by atoms with Gasteiger partial charge in [-0.25, -0.2) is 0 Å². The first-order valence-electron chi connectivity index (χ1n) is 5.48. The number of hydrogen-bond acceptors (Lipinski definition) is 4. The molecule has 0 spiro atoms. The maximum Gasteiger partial charge on any atom is 0.416 e. The quantitative estimate of drug-likeness (QED) is 0.624. The van der Waals surface area contributed by atoms with Crippen molar-refractivity contribution in [1.29, 1.82) is 0 Å². The monoisotopic (exact) mass is 262 g/mol. The molecule has 1 rings (SSSR count). The molecule has 0 fully saturated rings. The number of nitrogens with one attached hydrogen (secondary N) is 1. The fourth-order valence-corrected chi connectivity index (χ4v) is 1.66. The molecule has 0 aliphatic rings. The number of nitrogens with zero attached hydrogens (tertiary/aromatic N) is 2. The summed E-state index contributed by atoms with van der Waals surface area (Å²) in [7, 11) is 3.70. The largest absolute Gasteiger partial charge is 0.416 e. The summed E-state index contributed by atoms with van der Waals surface area (Å²) in [6.45, 7) is 0.626. The molecule has 1 heterocycles. The van der Waals surface area contributed by atoms with E-state index in [9.17, 15) is 13.2 Å². The Hall–Kier alpha value is -1.18. The molecule has 1 atom stereocenters. The molecule has 4 nitrogen and oxygen atoms in total. The third-order valence-electron chi connectivity index (χ3n) is 2.60. The Morgan fingerprint density at radius 3 is 2.61 bits per heavy atom. The zero-order chi connectivity index (χ0) is 13.8. The van der Waals surface area contributed by atoms with Crippen LogP contribution >= 0.6 is 0 Å². The molecule has 1 aromatic rings. The molecule has 0 saturated carbocycles. The van der Waals surface area contributed by atoms with Gasteiger partial charge in [0.25, 0.3) is 0 Å². The molecule has 0 aliphatic carbocycles. The molecule has 0 radical (unpaired) electrons. The van der Waals surface area contributed by atoms with Gasteiger partial charge < -0.3 is 4.90 Å². The highest BCUT2D eigenvalue weighted by atomic mass is 19.4. The summed E-state index contributed by atoms with van der Waals surface area (Å²) in [5.41, 5.74) is 1.80. The molecule has 0 bridgehead atoms. The Morgan fingerprint density at radius 1 is 1.44 bits per heavy atom. The average Bonchev–Trinajstić information content (AvgIpc) is 2.29. The van der Waals surface area contributed by atoms with Crippen molar-refractivity contribution in [3.63, 3.8) is 0 Å². The van der Waals surface area contributed by atoms with Gasteiger partial charge >= 0.3 is 6.18 Å². The summed E-state index contributed by atoms with van der Waals surface area (Å²) in [4.78, 5) is 5.63. The van der Waals surface area contributed by atoms with Crippen molar-refractivity contribution < 1.29 is 13.2 Å². The lowest BCUT2D eigenvalue weighted by atomic mass is 10.0. The summed E-state index contributed by atoms with van der Waals surface area (Å²) in [5.74, 6) is 5.34. The van der Waals surface area contributed by atoms with E-state index in [1.807, 2.05) is 19.0 Å². The van der Waals surface area contributed by atoms with Crippen molar-refractivity contribution in [1.82, 2.24) is 15.3 Å². The zero-order valence-corrected chi connectivity index (χ0v) is 10.3. The van der Waals surface area contributed by atoms with Crippen molar-refractivity contribution in [2.24, 2.45) is 5.84 Å². The minimum absolute atomic E-state index is 0.0781. The second-order valence-electron chi connectivity index (χ2n) is 4.27. The molecule has 0 saturated heterocycles. The van der Waals surface area contributed by atoms with E-state index in [0.29, 0.717) is 13.0 Å². The van der Waals surface area contributed by atoms with Gasteiger partial charge in [-0.05, 0) is 33.1 Å². The standard InChI is InChI=1S/C11H17F3N4/c1-18(2)6-4-10(17-15)8-7-16-5-3-9(8)11(12,13)14/h3,5,7,10,17H,4,6,15H2,1-2H3. The van der Waals surface area contributed by atoms with Crippen molar-refractivity contribution in [2.75, 3.05) is 20.6 Å². The summed E-state index contributed by atoms with van der Waals surface area (Å²) >= 11 is 0. The van der Waals surface area contributed by atoms with E-state index in [0.717, 1.165) is 12.3 Å². The van der Waals surface area contributed by atoms with Gasteiger partial charge in [-0.1, -0.05) is 0 Å². The maximum absolute atomic E-state index is 12.8. The third kappa shape index (κ3) is 3.94. The minimum Gasteiger partial charge on any atom is -0.309 e. The molecule has 1 aromatic heterocycles. The lowest BCUT2D eigenvalue weighted by Gasteiger charge is -2.22. The highest BCUT2D eigenvalue weighted by molar-refractivity contribution is 5.29.